The molecule has 4 atom stereocenters. The van der Waals surface area contributed by atoms with E-state index < -0.39 is 30.2 Å². The Morgan fingerprint density at radius 1 is 1.03 bits per heavy atom. The van der Waals surface area contributed by atoms with Gasteiger partial charge in [0.2, 0.25) is 6.29 Å². The van der Waals surface area contributed by atoms with Gasteiger partial charge in [-0.3, -0.25) is 4.79 Å². The Labute approximate surface area is 221 Å². The van der Waals surface area contributed by atoms with E-state index in [1.807, 2.05) is 42.5 Å². The maximum Gasteiger partial charge on any atom is 0.252 e. The molecule has 0 unspecified atom stereocenters. The zero-order valence-electron chi connectivity index (χ0n) is 21.1. The Balaban J connectivity index is 1.58. The van der Waals surface area contributed by atoms with Crippen LogP contribution in [0.4, 0.5) is 0 Å². The smallest absolute Gasteiger partial charge is 0.252 e. The van der Waals surface area contributed by atoms with Crippen LogP contribution in [0.15, 0.2) is 72.8 Å². The number of amides is 1. The first-order valence-electron chi connectivity index (χ1n) is 12.1. The summed E-state index contributed by atoms with van der Waals surface area (Å²) in [6, 6.07) is 22.2. The molecular weight excluding hydrogens is 494 g/mol. The predicted molar refractivity (Wildman–Crippen MR) is 142 cm³/mol. The second-order valence-corrected chi connectivity index (χ2v) is 9.99. The first-order chi connectivity index (χ1) is 17.7. The summed E-state index contributed by atoms with van der Waals surface area (Å²) in [4.78, 5) is 13.3. The third kappa shape index (κ3) is 6.32. The third-order valence-electron chi connectivity index (χ3n) is 6.48. The second kappa shape index (κ2) is 11.6. The standard InChI is InChI=1S/C29H32ClNO6/c1-29(2)26(35-3)24(32)25(33)28(37-29)36-21-13-14-22(19-9-11-20(30)12-10-19)23(17-21)27(34)31-16-15-18-7-5-4-6-8-18/h4-14,17,24-26,28,32-33H,15-16H2,1-3H3,(H,31,34)/t24-,25+,26+,28+/m0/s1. The molecule has 1 fully saturated rings. The lowest BCUT2D eigenvalue weighted by Gasteiger charge is -2.46. The number of aliphatic hydroxyl groups excluding tert-OH is 2. The number of benzene rings is 3. The molecule has 7 nitrogen and oxygen atoms in total. The molecule has 0 saturated carbocycles. The van der Waals surface area contributed by atoms with Crippen LogP contribution in [-0.4, -0.2) is 60.0 Å². The molecule has 37 heavy (non-hydrogen) atoms. The molecule has 1 aliphatic rings. The molecular formula is C29H32ClNO6. The molecule has 1 aliphatic heterocycles. The van der Waals surface area contributed by atoms with Crippen LogP contribution in [0.2, 0.25) is 5.02 Å². The number of carbonyl (C=O) groups excluding carboxylic acids is 1. The number of methoxy groups -OCH3 is 1. The van der Waals surface area contributed by atoms with Crippen molar-refractivity contribution in [3.63, 3.8) is 0 Å². The fourth-order valence-corrected chi connectivity index (χ4v) is 4.69. The van der Waals surface area contributed by atoms with Gasteiger partial charge < -0.3 is 29.7 Å². The van der Waals surface area contributed by atoms with Crippen molar-refractivity contribution >= 4 is 17.5 Å². The van der Waals surface area contributed by atoms with Gasteiger partial charge in [-0.05, 0) is 67.3 Å². The summed E-state index contributed by atoms with van der Waals surface area (Å²) >= 11 is 6.06. The van der Waals surface area contributed by atoms with Gasteiger partial charge in [0, 0.05) is 18.7 Å². The number of halogens is 1. The normalized spacial score (nSPS) is 22.9. The van der Waals surface area contributed by atoms with Crippen molar-refractivity contribution in [2.24, 2.45) is 0 Å². The summed E-state index contributed by atoms with van der Waals surface area (Å²) in [7, 11) is 1.45. The summed E-state index contributed by atoms with van der Waals surface area (Å²) in [5.41, 5.74) is 2.12. The van der Waals surface area contributed by atoms with E-state index in [0.29, 0.717) is 34.9 Å². The lowest BCUT2D eigenvalue weighted by molar-refractivity contribution is -0.305. The maximum absolute atomic E-state index is 13.3. The Hall–Kier alpha value is -2.94. The molecule has 1 heterocycles. The van der Waals surface area contributed by atoms with Crippen LogP contribution in [-0.2, 0) is 15.9 Å². The van der Waals surface area contributed by atoms with E-state index in [1.165, 1.54) is 7.11 Å². The SMILES string of the molecule is CO[C@@H]1[C@@H](O)[C@@H](O)[C@H](Oc2ccc(-c3ccc(Cl)cc3)c(C(=O)NCCc3ccccc3)c2)OC1(C)C. The van der Waals surface area contributed by atoms with E-state index in [2.05, 4.69) is 5.32 Å². The van der Waals surface area contributed by atoms with Crippen LogP contribution in [0.25, 0.3) is 11.1 Å². The van der Waals surface area contributed by atoms with Gasteiger partial charge in [0.1, 0.15) is 24.1 Å². The van der Waals surface area contributed by atoms with E-state index in [0.717, 1.165) is 11.1 Å². The lowest BCUT2D eigenvalue weighted by atomic mass is 9.89. The van der Waals surface area contributed by atoms with Gasteiger partial charge in [0.25, 0.3) is 5.91 Å². The molecule has 0 aromatic heterocycles. The highest BCUT2D eigenvalue weighted by Gasteiger charge is 2.50. The largest absolute Gasteiger partial charge is 0.462 e. The van der Waals surface area contributed by atoms with E-state index >= 15 is 0 Å². The zero-order chi connectivity index (χ0) is 26.6. The average molecular weight is 526 g/mol. The molecule has 0 spiro atoms. The highest BCUT2D eigenvalue weighted by atomic mass is 35.5. The number of aliphatic hydroxyl groups is 2. The van der Waals surface area contributed by atoms with Crippen molar-refractivity contribution in [3.05, 3.63) is 88.9 Å². The number of hydrogen-bond acceptors (Lipinski definition) is 6. The Morgan fingerprint density at radius 2 is 1.73 bits per heavy atom. The lowest BCUT2D eigenvalue weighted by Crippen LogP contribution is -2.63. The Bertz CT molecular complexity index is 1200. The van der Waals surface area contributed by atoms with Crippen LogP contribution in [0.5, 0.6) is 5.75 Å². The van der Waals surface area contributed by atoms with E-state index in [9.17, 15) is 15.0 Å². The topological polar surface area (TPSA) is 97.3 Å². The van der Waals surface area contributed by atoms with Crippen molar-refractivity contribution in [2.45, 2.75) is 50.5 Å². The fourth-order valence-electron chi connectivity index (χ4n) is 4.56. The van der Waals surface area contributed by atoms with Crippen molar-refractivity contribution in [1.29, 1.82) is 0 Å². The van der Waals surface area contributed by atoms with Crippen molar-refractivity contribution < 1.29 is 29.2 Å². The van der Waals surface area contributed by atoms with Gasteiger partial charge in [0.05, 0.1) is 11.2 Å². The minimum Gasteiger partial charge on any atom is -0.462 e. The van der Waals surface area contributed by atoms with Crippen molar-refractivity contribution in [1.82, 2.24) is 5.32 Å². The first-order valence-corrected chi connectivity index (χ1v) is 12.5. The van der Waals surface area contributed by atoms with Gasteiger partial charge in [0.15, 0.2) is 0 Å². The van der Waals surface area contributed by atoms with Crippen LogP contribution in [0, 0.1) is 0 Å². The van der Waals surface area contributed by atoms with E-state index in [4.69, 9.17) is 25.8 Å². The number of carbonyl (C=O) groups is 1. The molecule has 0 bridgehead atoms. The Kier molecular flexibility index (Phi) is 8.52. The van der Waals surface area contributed by atoms with Crippen LogP contribution in [0.3, 0.4) is 0 Å². The van der Waals surface area contributed by atoms with Gasteiger partial charge in [-0.15, -0.1) is 0 Å². The number of nitrogens with one attached hydrogen (secondary N) is 1. The van der Waals surface area contributed by atoms with E-state index in [-0.39, 0.29) is 5.91 Å². The average Bonchev–Trinajstić information content (AvgIpc) is 2.88. The minimum absolute atomic E-state index is 0.267. The van der Waals surface area contributed by atoms with Crippen molar-refractivity contribution in [2.75, 3.05) is 13.7 Å². The minimum atomic E-state index is -1.35. The predicted octanol–water partition coefficient (Wildman–Crippen LogP) is 4.23. The van der Waals surface area contributed by atoms with Crippen LogP contribution < -0.4 is 10.1 Å². The molecule has 0 aliphatic carbocycles. The third-order valence-corrected chi connectivity index (χ3v) is 6.74. The van der Waals surface area contributed by atoms with Crippen LogP contribution in [0.1, 0.15) is 29.8 Å². The van der Waals surface area contributed by atoms with Gasteiger partial charge in [-0.1, -0.05) is 54.1 Å². The van der Waals surface area contributed by atoms with E-state index in [1.54, 1.807) is 44.2 Å². The van der Waals surface area contributed by atoms with Crippen molar-refractivity contribution in [3.8, 4) is 16.9 Å². The summed E-state index contributed by atoms with van der Waals surface area (Å²) in [5.74, 6) is 0.0464. The summed E-state index contributed by atoms with van der Waals surface area (Å²) in [6.45, 7) is 3.96. The van der Waals surface area contributed by atoms with Gasteiger partial charge >= 0.3 is 0 Å². The maximum atomic E-state index is 13.3. The zero-order valence-corrected chi connectivity index (χ0v) is 21.8. The summed E-state index contributed by atoms with van der Waals surface area (Å²) < 4.78 is 17.2. The monoisotopic (exact) mass is 525 g/mol. The number of ether oxygens (including phenoxy) is 3. The second-order valence-electron chi connectivity index (χ2n) is 9.55. The number of rotatable bonds is 8. The molecule has 1 saturated heterocycles. The molecule has 196 valence electrons. The molecule has 8 heteroatoms. The number of hydrogen-bond donors (Lipinski definition) is 3. The molecule has 1 amide bonds. The summed E-state index contributed by atoms with van der Waals surface area (Å²) in [5, 5.41) is 24.8. The first kappa shape index (κ1) is 27.1. The molecule has 3 aromatic rings. The Morgan fingerprint density at radius 3 is 2.41 bits per heavy atom. The van der Waals surface area contributed by atoms with Gasteiger partial charge in [-0.2, -0.15) is 0 Å². The fraction of sp³-hybridized carbons (Fsp3) is 0.345. The van der Waals surface area contributed by atoms with Gasteiger partial charge in [-0.25, -0.2) is 0 Å². The molecule has 4 rings (SSSR count). The quantitative estimate of drug-likeness (QED) is 0.407. The molecule has 3 N–H and O–H groups in total. The van der Waals surface area contributed by atoms with Crippen LogP contribution >= 0.6 is 11.6 Å². The molecule has 3 aromatic carbocycles. The highest BCUT2D eigenvalue weighted by Crippen LogP contribution is 2.34. The molecule has 0 radical (unpaired) electrons. The highest BCUT2D eigenvalue weighted by molar-refractivity contribution is 6.30. The summed E-state index contributed by atoms with van der Waals surface area (Å²) in [6.07, 6.45) is -3.77.